The van der Waals surface area contributed by atoms with E-state index in [1.807, 2.05) is 0 Å². The Morgan fingerprint density at radius 3 is 2.86 bits per heavy atom. The van der Waals surface area contributed by atoms with Crippen LogP contribution in [0.4, 0.5) is 5.69 Å². The van der Waals surface area contributed by atoms with E-state index in [2.05, 4.69) is 15.5 Å². The molecule has 0 saturated carbocycles. The Morgan fingerprint density at radius 1 is 1.38 bits per heavy atom. The highest BCUT2D eigenvalue weighted by atomic mass is 16.5. The van der Waals surface area contributed by atoms with Crippen LogP contribution < -0.4 is 16.2 Å². The largest absolute Gasteiger partial charge is 0.383 e. The molecule has 1 aliphatic heterocycles. The molecule has 2 rings (SSSR count). The number of anilines is 1. The molecule has 1 aromatic rings. The van der Waals surface area contributed by atoms with Crippen LogP contribution >= 0.6 is 0 Å². The van der Waals surface area contributed by atoms with Crippen molar-refractivity contribution < 1.29 is 9.53 Å². The van der Waals surface area contributed by atoms with E-state index in [0.29, 0.717) is 25.4 Å². The first-order valence-electron chi connectivity index (χ1n) is 7.11. The Morgan fingerprint density at radius 2 is 2.14 bits per heavy atom. The Bertz CT molecular complexity index is 523. The minimum Gasteiger partial charge on any atom is -0.383 e. The van der Waals surface area contributed by atoms with Crippen molar-refractivity contribution in [3.05, 3.63) is 28.7 Å². The summed E-state index contributed by atoms with van der Waals surface area (Å²) < 4.78 is 6.49. The lowest BCUT2D eigenvalue weighted by atomic mass is 10.3. The van der Waals surface area contributed by atoms with Crippen molar-refractivity contribution in [2.75, 3.05) is 51.8 Å². The van der Waals surface area contributed by atoms with Crippen LogP contribution in [0.25, 0.3) is 0 Å². The van der Waals surface area contributed by atoms with Crippen LogP contribution in [0.1, 0.15) is 0 Å². The van der Waals surface area contributed by atoms with Gasteiger partial charge in [0.1, 0.15) is 0 Å². The van der Waals surface area contributed by atoms with Crippen LogP contribution in [0.2, 0.25) is 0 Å². The predicted molar refractivity (Wildman–Crippen MR) is 80.5 cm³/mol. The fraction of sp³-hybridized carbons (Fsp3) is 0.571. The number of aromatic nitrogens is 1. The molecule has 2 heterocycles. The summed E-state index contributed by atoms with van der Waals surface area (Å²) in [4.78, 5) is 25.8. The molecule has 116 valence electrons. The summed E-state index contributed by atoms with van der Waals surface area (Å²) in [5.74, 6) is -0.0613. The van der Waals surface area contributed by atoms with Gasteiger partial charge < -0.3 is 19.9 Å². The molecule has 0 radical (unpaired) electrons. The Kier molecular flexibility index (Phi) is 5.91. The van der Waals surface area contributed by atoms with Gasteiger partial charge in [-0.25, -0.2) is 0 Å². The second kappa shape index (κ2) is 7.92. The van der Waals surface area contributed by atoms with Gasteiger partial charge in [0, 0.05) is 52.1 Å². The number of rotatable bonds is 6. The zero-order valence-electron chi connectivity index (χ0n) is 12.3. The van der Waals surface area contributed by atoms with Gasteiger partial charge in [-0.05, 0) is 6.07 Å². The van der Waals surface area contributed by atoms with E-state index < -0.39 is 0 Å². The molecule has 7 heteroatoms. The third-order valence-electron chi connectivity index (χ3n) is 3.38. The molecule has 1 saturated heterocycles. The summed E-state index contributed by atoms with van der Waals surface area (Å²) in [7, 11) is 1.59. The molecule has 1 aliphatic rings. The average Bonchev–Trinajstić information content (AvgIpc) is 2.48. The van der Waals surface area contributed by atoms with Crippen LogP contribution in [0, 0.1) is 0 Å². The van der Waals surface area contributed by atoms with Gasteiger partial charge in [-0.2, -0.15) is 0 Å². The molecule has 0 aliphatic carbocycles. The van der Waals surface area contributed by atoms with E-state index in [1.54, 1.807) is 19.4 Å². The fourth-order valence-electron chi connectivity index (χ4n) is 2.24. The number of pyridine rings is 1. The number of nitrogens with zero attached hydrogens (tertiary/aromatic N) is 2. The maximum atomic E-state index is 12.0. The standard InChI is InChI=1S/C14H22N4O3/c1-21-9-8-18-10-12(2-3-14(18)20)16-13(19)11-17-6-4-15-5-7-17/h2-3,10,15H,4-9,11H2,1H3,(H,16,19). The number of nitrogens with one attached hydrogen (secondary N) is 2. The van der Waals surface area contributed by atoms with Gasteiger partial charge in [-0.1, -0.05) is 0 Å². The lowest BCUT2D eigenvalue weighted by Gasteiger charge is -2.26. The monoisotopic (exact) mass is 294 g/mol. The average molecular weight is 294 g/mol. The molecular weight excluding hydrogens is 272 g/mol. The topological polar surface area (TPSA) is 75.6 Å². The Hall–Kier alpha value is -1.70. The molecule has 7 nitrogen and oxygen atoms in total. The Balaban J connectivity index is 1.92. The molecule has 2 N–H and O–H groups in total. The summed E-state index contributed by atoms with van der Waals surface area (Å²) in [6, 6.07) is 3.08. The van der Waals surface area contributed by atoms with Gasteiger partial charge in [-0.15, -0.1) is 0 Å². The van der Waals surface area contributed by atoms with Gasteiger partial charge >= 0.3 is 0 Å². The van der Waals surface area contributed by atoms with Gasteiger partial charge in [0.15, 0.2) is 0 Å². The molecule has 1 aromatic heterocycles. The molecule has 1 fully saturated rings. The maximum Gasteiger partial charge on any atom is 0.250 e. The molecule has 0 spiro atoms. The molecule has 1 amide bonds. The molecule has 0 bridgehead atoms. The summed E-state index contributed by atoms with van der Waals surface area (Å²) in [5, 5.41) is 6.08. The normalized spacial score (nSPS) is 15.9. The number of piperazine rings is 1. The minimum absolute atomic E-state index is 0.0613. The highest BCUT2D eigenvalue weighted by Gasteiger charge is 2.13. The summed E-state index contributed by atoms with van der Waals surface area (Å²) in [5.41, 5.74) is 0.526. The van der Waals surface area contributed by atoms with Gasteiger partial charge in [-0.3, -0.25) is 14.5 Å². The highest BCUT2D eigenvalue weighted by molar-refractivity contribution is 5.92. The molecule has 0 aromatic carbocycles. The number of hydrogen-bond acceptors (Lipinski definition) is 5. The maximum absolute atomic E-state index is 12.0. The fourth-order valence-corrected chi connectivity index (χ4v) is 2.24. The number of amides is 1. The van der Waals surface area contributed by atoms with E-state index in [4.69, 9.17) is 4.74 Å². The Labute approximate surface area is 123 Å². The number of hydrogen-bond donors (Lipinski definition) is 2. The van der Waals surface area contributed by atoms with Crippen LogP contribution in [-0.2, 0) is 16.1 Å². The summed E-state index contributed by atoms with van der Waals surface area (Å²) in [6.45, 7) is 4.87. The summed E-state index contributed by atoms with van der Waals surface area (Å²) >= 11 is 0. The van der Waals surface area contributed by atoms with E-state index in [-0.39, 0.29) is 11.5 Å². The van der Waals surface area contributed by atoms with E-state index in [9.17, 15) is 9.59 Å². The first-order chi connectivity index (χ1) is 10.2. The van der Waals surface area contributed by atoms with E-state index in [1.165, 1.54) is 10.6 Å². The van der Waals surface area contributed by atoms with Gasteiger partial charge in [0.05, 0.1) is 18.8 Å². The lowest BCUT2D eigenvalue weighted by Crippen LogP contribution is -2.46. The van der Waals surface area contributed by atoms with Gasteiger partial charge in [0.2, 0.25) is 5.91 Å². The third-order valence-corrected chi connectivity index (χ3v) is 3.38. The van der Waals surface area contributed by atoms with Crippen molar-refractivity contribution in [3.63, 3.8) is 0 Å². The first kappa shape index (κ1) is 15.7. The second-order valence-electron chi connectivity index (χ2n) is 5.02. The van der Waals surface area contributed by atoms with Crippen molar-refractivity contribution in [2.45, 2.75) is 6.54 Å². The van der Waals surface area contributed by atoms with Crippen LogP contribution in [-0.4, -0.2) is 61.8 Å². The van der Waals surface area contributed by atoms with Crippen molar-refractivity contribution in [1.82, 2.24) is 14.8 Å². The number of carbonyl (C=O) groups is 1. The van der Waals surface area contributed by atoms with Crippen LogP contribution in [0.5, 0.6) is 0 Å². The minimum atomic E-state index is -0.104. The molecule has 21 heavy (non-hydrogen) atoms. The zero-order chi connectivity index (χ0) is 15.1. The first-order valence-corrected chi connectivity index (χ1v) is 7.11. The van der Waals surface area contributed by atoms with Gasteiger partial charge in [0.25, 0.3) is 5.56 Å². The predicted octanol–water partition coefficient (Wildman–Crippen LogP) is -0.662. The zero-order valence-corrected chi connectivity index (χ0v) is 12.3. The quantitative estimate of drug-likeness (QED) is 0.728. The van der Waals surface area contributed by atoms with Crippen molar-refractivity contribution in [3.8, 4) is 0 Å². The van der Waals surface area contributed by atoms with Crippen LogP contribution in [0.15, 0.2) is 23.1 Å². The summed E-state index contributed by atoms with van der Waals surface area (Å²) in [6.07, 6.45) is 1.65. The lowest BCUT2D eigenvalue weighted by molar-refractivity contribution is -0.117. The molecule has 0 unspecified atom stereocenters. The highest BCUT2D eigenvalue weighted by Crippen LogP contribution is 2.04. The van der Waals surface area contributed by atoms with E-state index >= 15 is 0 Å². The third kappa shape index (κ3) is 4.96. The number of methoxy groups -OCH3 is 1. The van der Waals surface area contributed by atoms with Crippen molar-refractivity contribution >= 4 is 11.6 Å². The number of ether oxygens (including phenoxy) is 1. The molecular formula is C14H22N4O3. The number of carbonyl (C=O) groups excluding carboxylic acids is 1. The molecule has 0 atom stereocenters. The second-order valence-corrected chi connectivity index (χ2v) is 5.02. The smallest absolute Gasteiger partial charge is 0.250 e. The van der Waals surface area contributed by atoms with Crippen LogP contribution in [0.3, 0.4) is 0 Å². The van der Waals surface area contributed by atoms with E-state index in [0.717, 1.165) is 26.2 Å². The van der Waals surface area contributed by atoms with Crippen molar-refractivity contribution in [1.29, 1.82) is 0 Å². The van der Waals surface area contributed by atoms with Crippen molar-refractivity contribution in [2.24, 2.45) is 0 Å². The SMILES string of the molecule is COCCn1cc(NC(=O)CN2CCNCC2)ccc1=O.